The molecule has 1 aliphatic heterocycles. The number of non-ortho nitro benzene ring substituents is 1. The molecule has 0 spiro atoms. The molecule has 1 aromatic carbocycles. The van der Waals surface area contributed by atoms with E-state index in [1.54, 1.807) is 0 Å². The van der Waals surface area contributed by atoms with Crippen LogP contribution in [0.15, 0.2) is 24.3 Å². The molecule has 1 atom stereocenters. The van der Waals surface area contributed by atoms with E-state index < -0.39 is 22.8 Å². The summed E-state index contributed by atoms with van der Waals surface area (Å²) in [5, 5.41) is 22.1. The number of carboxylic acid groups (broad SMARTS) is 1. The molecule has 1 aromatic rings. The van der Waals surface area contributed by atoms with Gasteiger partial charge in [0.25, 0.3) is 11.6 Å². The number of carboxylic acids is 1. The van der Waals surface area contributed by atoms with Crippen molar-refractivity contribution in [1.82, 2.24) is 10.2 Å². The van der Waals surface area contributed by atoms with Gasteiger partial charge in [-0.15, -0.1) is 0 Å². The fourth-order valence-corrected chi connectivity index (χ4v) is 2.59. The Morgan fingerprint density at radius 3 is 2.54 bits per heavy atom. The Balaban J connectivity index is 1.83. The number of rotatable bonds is 6. The fraction of sp³-hybridized carbons (Fsp3) is 0.400. The maximum atomic E-state index is 12.0. The van der Waals surface area contributed by atoms with Crippen LogP contribution in [0.3, 0.4) is 0 Å². The second-order valence-electron chi connectivity index (χ2n) is 5.39. The molecule has 1 heterocycles. The number of carbonyl (C=O) groups is 3. The van der Waals surface area contributed by atoms with Gasteiger partial charge in [-0.3, -0.25) is 19.7 Å². The fourth-order valence-electron chi connectivity index (χ4n) is 2.59. The third-order valence-electron chi connectivity index (χ3n) is 3.82. The van der Waals surface area contributed by atoms with E-state index in [9.17, 15) is 24.5 Å². The Morgan fingerprint density at radius 2 is 1.96 bits per heavy atom. The smallest absolute Gasteiger partial charge is 0.326 e. The maximum Gasteiger partial charge on any atom is 0.326 e. The molecule has 2 rings (SSSR count). The van der Waals surface area contributed by atoms with Crippen molar-refractivity contribution >= 4 is 23.5 Å². The van der Waals surface area contributed by atoms with Crippen molar-refractivity contribution in [1.29, 1.82) is 0 Å². The van der Waals surface area contributed by atoms with Crippen LogP contribution in [-0.2, 0) is 9.59 Å². The van der Waals surface area contributed by atoms with E-state index in [2.05, 4.69) is 5.32 Å². The molecule has 0 aliphatic carbocycles. The maximum absolute atomic E-state index is 12.0. The number of benzene rings is 1. The predicted octanol–water partition coefficient (Wildman–Crippen LogP) is 0.790. The first-order valence-electron chi connectivity index (χ1n) is 7.45. The van der Waals surface area contributed by atoms with E-state index in [4.69, 9.17) is 5.11 Å². The van der Waals surface area contributed by atoms with Gasteiger partial charge in [0.1, 0.15) is 6.04 Å². The largest absolute Gasteiger partial charge is 0.480 e. The number of nitrogens with zero attached hydrogens (tertiary/aromatic N) is 2. The summed E-state index contributed by atoms with van der Waals surface area (Å²) in [6.45, 7) is 0.476. The van der Waals surface area contributed by atoms with E-state index in [0.717, 1.165) is 0 Å². The summed E-state index contributed by atoms with van der Waals surface area (Å²) >= 11 is 0. The number of hydrogen-bond donors (Lipinski definition) is 2. The molecule has 0 saturated carbocycles. The van der Waals surface area contributed by atoms with Gasteiger partial charge in [-0.1, -0.05) is 0 Å². The van der Waals surface area contributed by atoms with Crippen molar-refractivity contribution in [2.24, 2.45) is 0 Å². The molecule has 0 bridgehead atoms. The molecule has 9 heteroatoms. The Bertz CT molecular complexity index is 658. The van der Waals surface area contributed by atoms with Gasteiger partial charge < -0.3 is 15.3 Å². The van der Waals surface area contributed by atoms with Crippen molar-refractivity contribution < 1.29 is 24.4 Å². The van der Waals surface area contributed by atoms with E-state index in [1.165, 1.54) is 29.2 Å². The van der Waals surface area contributed by atoms with Crippen LogP contribution < -0.4 is 5.32 Å². The van der Waals surface area contributed by atoms with Gasteiger partial charge in [0.05, 0.1) is 4.92 Å². The summed E-state index contributed by atoms with van der Waals surface area (Å²) in [5.41, 5.74) is 0.133. The highest BCUT2D eigenvalue weighted by molar-refractivity contribution is 5.94. The first-order valence-corrected chi connectivity index (χ1v) is 7.45. The third kappa shape index (κ3) is 4.06. The average molecular weight is 335 g/mol. The molecule has 128 valence electrons. The number of nitro benzene ring substituents is 1. The molecule has 0 aromatic heterocycles. The summed E-state index contributed by atoms with van der Waals surface area (Å²) in [4.78, 5) is 46.3. The monoisotopic (exact) mass is 335 g/mol. The highest BCUT2D eigenvalue weighted by Crippen LogP contribution is 2.18. The molecule has 9 nitrogen and oxygen atoms in total. The standard InChI is InChI=1S/C15H17N3O6/c19-13(17-9-1-2-12(17)15(21)22)7-8-16-14(20)10-3-5-11(6-4-10)18(23)24/h3-6,12H,1-2,7-9H2,(H,16,20)(H,21,22)/t12-/m1/s1. The summed E-state index contributed by atoms with van der Waals surface area (Å²) in [5.74, 6) is -1.78. The minimum atomic E-state index is -1.02. The number of amides is 2. The van der Waals surface area contributed by atoms with Gasteiger partial charge in [-0.05, 0) is 25.0 Å². The molecule has 2 amide bonds. The zero-order valence-electron chi connectivity index (χ0n) is 12.8. The van der Waals surface area contributed by atoms with E-state index in [1.807, 2.05) is 0 Å². The van der Waals surface area contributed by atoms with Crippen molar-refractivity contribution in [3.8, 4) is 0 Å². The lowest BCUT2D eigenvalue weighted by Gasteiger charge is -2.21. The Hall–Kier alpha value is -2.97. The molecular weight excluding hydrogens is 318 g/mol. The zero-order valence-corrected chi connectivity index (χ0v) is 12.8. The molecule has 0 radical (unpaired) electrons. The van der Waals surface area contributed by atoms with Crippen LogP contribution in [-0.4, -0.2) is 51.8 Å². The lowest BCUT2D eigenvalue weighted by Crippen LogP contribution is -2.41. The zero-order chi connectivity index (χ0) is 17.7. The van der Waals surface area contributed by atoms with Gasteiger partial charge >= 0.3 is 5.97 Å². The van der Waals surface area contributed by atoms with Crippen LogP contribution in [0.4, 0.5) is 5.69 Å². The van der Waals surface area contributed by atoms with Crippen molar-refractivity contribution in [2.45, 2.75) is 25.3 Å². The number of nitro groups is 1. The number of carbonyl (C=O) groups excluding carboxylic acids is 2. The molecule has 24 heavy (non-hydrogen) atoms. The van der Waals surface area contributed by atoms with Gasteiger partial charge in [-0.2, -0.15) is 0 Å². The normalized spacial score (nSPS) is 16.7. The number of likely N-dealkylation sites (tertiary alicyclic amines) is 1. The van der Waals surface area contributed by atoms with Crippen LogP contribution in [0.25, 0.3) is 0 Å². The number of nitrogens with one attached hydrogen (secondary N) is 1. The lowest BCUT2D eigenvalue weighted by molar-refractivity contribution is -0.384. The van der Waals surface area contributed by atoms with Gasteiger partial charge in [0.2, 0.25) is 5.91 Å². The summed E-state index contributed by atoms with van der Waals surface area (Å²) in [6, 6.07) is 4.32. The van der Waals surface area contributed by atoms with Gasteiger partial charge in [0.15, 0.2) is 0 Å². The quantitative estimate of drug-likeness (QED) is 0.584. The first kappa shape index (κ1) is 17.4. The Labute approximate surface area is 137 Å². The van der Waals surface area contributed by atoms with Gasteiger partial charge in [0, 0.05) is 37.2 Å². The van der Waals surface area contributed by atoms with E-state index >= 15 is 0 Å². The molecule has 1 saturated heterocycles. The number of aliphatic carboxylic acids is 1. The van der Waals surface area contributed by atoms with Crippen molar-refractivity contribution in [3.05, 3.63) is 39.9 Å². The SMILES string of the molecule is O=C(NCCC(=O)N1CCC[C@@H]1C(=O)O)c1ccc([N+](=O)[O-])cc1. The Morgan fingerprint density at radius 1 is 1.29 bits per heavy atom. The minimum Gasteiger partial charge on any atom is -0.480 e. The number of hydrogen-bond acceptors (Lipinski definition) is 5. The highest BCUT2D eigenvalue weighted by atomic mass is 16.6. The van der Waals surface area contributed by atoms with E-state index in [-0.39, 0.29) is 30.1 Å². The van der Waals surface area contributed by atoms with Crippen LogP contribution >= 0.6 is 0 Å². The Kier molecular flexibility index (Phi) is 5.46. The molecule has 1 aliphatic rings. The molecule has 2 N–H and O–H groups in total. The van der Waals surface area contributed by atoms with Crippen LogP contribution in [0.5, 0.6) is 0 Å². The van der Waals surface area contributed by atoms with Crippen LogP contribution in [0, 0.1) is 10.1 Å². The molecule has 1 fully saturated rings. The average Bonchev–Trinajstić information content (AvgIpc) is 3.04. The predicted molar refractivity (Wildman–Crippen MR) is 82.4 cm³/mol. The van der Waals surface area contributed by atoms with Crippen molar-refractivity contribution in [2.75, 3.05) is 13.1 Å². The second kappa shape index (κ2) is 7.53. The summed E-state index contributed by atoms with van der Waals surface area (Å²) in [7, 11) is 0. The van der Waals surface area contributed by atoms with Gasteiger partial charge in [-0.25, -0.2) is 4.79 Å². The van der Waals surface area contributed by atoms with Crippen LogP contribution in [0.2, 0.25) is 0 Å². The van der Waals surface area contributed by atoms with Crippen molar-refractivity contribution in [3.63, 3.8) is 0 Å². The minimum absolute atomic E-state index is 0.00248. The lowest BCUT2D eigenvalue weighted by atomic mass is 10.2. The first-order chi connectivity index (χ1) is 11.4. The molecular formula is C15H17N3O6. The topological polar surface area (TPSA) is 130 Å². The summed E-state index contributed by atoms with van der Waals surface area (Å²) < 4.78 is 0. The second-order valence-corrected chi connectivity index (χ2v) is 5.39. The van der Waals surface area contributed by atoms with Crippen LogP contribution in [0.1, 0.15) is 29.6 Å². The third-order valence-corrected chi connectivity index (χ3v) is 3.82. The molecule has 0 unspecified atom stereocenters. The van der Waals surface area contributed by atoms with E-state index in [0.29, 0.717) is 19.4 Å². The summed E-state index contributed by atoms with van der Waals surface area (Å²) in [6.07, 6.45) is 1.09. The highest BCUT2D eigenvalue weighted by Gasteiger charge is 2.33.